The molecule has 1 aliphatic rings. The lowest BCUT2D eigenvalue weighted by atomic mass is 10.2. The molecule has 0 aliphatic carbocycles. The van der Waals surface area contributed by atoms with Gasteiger partial charge in [-0.15, -0.1) is 11.3 Å². The highest BCUT2D eigenvalue weighted by Gasteiger charge is 2.18. The van der Waals surface area contributed by atoms with Gasteiger partial charge in [0.15, 0.2) is 0 Å². The van der Waals surface area contributed by atoms with Crippen LogP contribution in [0.2, 0.25) is 0 Å². The third-order valence-electron chi connectivity index (χ3n) is 4.33. The standard InChI is InChI=1S/C20H18FN3O2S/c21-15-7-5-14(6-8-15)20-23-17(13-27-20)19(25)22-16-3-1-2-4-18(16)24-9-11-26-12-10-24/h1-8,13H,9-12H2,(H,22,25). The molecule has 0 bridgehead atoms. The van der Waals surface area contributed by atoms with Gasteiger partial charge < -0.3 is 15.0 Å². The second-order valence-corrected chi connectivity index (χ2v) is 6.97. The van der Waals surface area contributed by atoms with Gasteiger partial charge in [-0.3, -0.25) is 4.79 Å². The maximum absolute atomic E-state index is 13.1. The van der Waals surface area contributed by atoms with Crippen LogP contribution in [0.5, 0.6) is 0 Å². The average Bonchev–Trinajstić information content (AvgIpc) is 3.20. The minimum atomic E-state index is -0.298. The van der Waals surface area contributed by atoms with Gasteiger partial charge in [0.1, 0.15) is 16.5 Å². The zero-order valence-corrected chi connectivity index (χ0v) is 15.3. The minimum Gasteiger partial charge on any atom is -0.378 e. The first-order valence-electron chi connectivity index (χ1n) is 8.65. The van der Waals surface area contributed by atoms with Crippen molar-refractivity contribution in [3.63, 3.8) is 0 Å². The third kappa shape index (κ3) is 3.99. The van der Waals surface area contributed by atoms with E-state index in [1.165, 1.54) is 23.5 Å². The van der Waals surface area contributed by atoms with E-state index < -0.39 is 0 Å². The van der Waals surface area contributed by atoms with E-state index in [2.05, 4.69) is 15.2 Å². The number of hydrogen-bond acceptors (Lipinski definition) is 5. The summed E-state index contributed by atoms with van der Waals surface area (Å²) in [4.78, 5) is 19.3. The lowest BCUT2D eigenvalue weighted by Crippen LogP contribution is -2.36. The Morgan fingerprint density at radius 3 is 2.63 bits per heavy atom. The predicted octanol–water partition coefficient (Wildman–Crippen LogP) is 4.04. The van der Waals surface area contributed by atoms with Crippen LogP contribution in [0, 0.1) is 5.82 Å². The molecule has 7 heteroatoms. The number of halogens is 1. The quantitative estimate of drug-likeness (QED) is 0.739. The SMILES string of the molecule is O=C(Nc1ccccc1N1CCOCC1)c1csc(-c2ccc(F)cc2)n1. The number of amides is 1. The Morgan fingerprint density at radius 2 is 1.85 bits per heavy atom. The number of nitrogens with zero attached hydrogens (tertiary/aromatic N) is 2. The first kappa shape index (κ1) is 17.6. The van der Waals surface area contributed by atoms with Gasteiger partial charge in [0.05, 0.1) is 24.6 Å². The monoisotopic (exact) mass is 383 g/mol. The van der Waals surface area contributed by atoms with Crippen molar-refractivity contribution >= 4 is 28.6 Å². The molecule has 2 aromatic carbocycles. The maximum atomic E-state index is 13.1. The van der Waals surface area contributed by atoms with Crippen LogP contribution in [0.4, 0.5) is 15.8 Å². The summed E-state index contributed by atoms with van der Waals surface area (Å²) in [5.41, 5.74) is 2.86. The summed E-state index contributed by atoms with van der Waals surface area (Å²) in [6.45, 7) is 2.93. The van der Waals surface area contributed by atoms with Crippen molar-refractivity contribution in [2.45, 2.75) is 0 Å². The zero-order valence-electron chi connectivity index (χ0n) is 14.5. The van der Waals surface area contributed by atoms with Crippen molar-refractivity contribution < 1.29 is 13.9 Å². The van der Waals surface area contributed by atoms with E-state index in [9.17, 15) is 9.18 Å². The maximum Gasteiger partial charge on any atom is 0.275 e. The Balaban J connectivity index is 1.52. The molecule has 0 spiro atoms. The minimum absolute atomic E-state index is 0.264. The molecule has 0 saturated carbocycles. The summed E-state index contributed by atoms with van der Waals surface area (Å²) in [6.07, 6.45) is 0. The van der Waals surface area contributed by atoms with Crippen molar-refractivity contribution in [2.75, 3.05) is 36.5 Å². The number of para-hydroxylation sites is 2. The van der Waals surface area contributed by atoms with Gasteiger partial charge in [0.2, 0.25) is 0 Å². The van der Waals surface area contributed by atoms with Gasteiger partial charge >= 0.3 is 0 Å². The number of carbonyl (C=O) groups is 1. The molecule has 0 unspecified atom stereocenters. The molecule has 0 radical (unpaired) electrons. The van der Waals surface area contributed by atoms with Crippen LogP contribution in [0.15, 0.2) is 53.9 Å². The van der Waals surface area contributed by atoms with Gasteiger partial charge in [-0.25, -0.2) is 9.37 Å². The molecule has 2 heterocycles. The smallest absolute Gasteiger partial charge is 0.275 e. The molecule has 1 saturated heterocycles. The van der Waals surface area contributed by atoms with E-state index in [4.69, 9.17) is 4.74 Å². The molecule has 5 nitrogen and oxygen atoms in total. The van der Waals surface area contributed by atoms with Crippen molar-refractivity contribution in [2.24, 2.45) is 0 Å². The number of thiazole rings is 1. The van der Waals surface area contributed by atoms with Crippen LogP contribution in [0.25, 0.3) is 10.6 Å². The highest BCUT2D eigenvalue weighted by Crippen LogP contribution is 2.28. The predicted molar refractivity (Wildman–Crippen MR) is 105 cm³/mol. The summed E-state index contributed by atoms with van der Waals surface area (Å²) in [6, 6.07) is 13.8. The highest BCUT2D eigenvalue weighted by molar-refractivity contribution is 7.13. The molecule has 138 valence electrons. The van der Waals surface area contributed by atoms with Gasteiger partial charge in [0.25, 0.3) is 5.91 Å². The Kier molecular flexibility index (Phi) is 5.13. The second-order valence-electron chi connectivity index (χ2n) is 6.12. The molecule has 1 aromatic heterocycles. The molecule has 1 aliphatic heterocycles. The van der Waals surface area contributed by atoms with Crippen LogP contribution in [-0.4, -0.2) is 37.2 Å². The summed E-state index contributed by atoms with van der Waals surface area (Å²) >= 11 is 1.36. The van der Waals surface area contributed by atoms with Gasteiger partial charge in [-0.05, 0) is 36.4 Å². The Hall–Kier alpha value is -2.77. The Labute approximate surface area is 160 Å². The number of morpholine rings is 1. The fourth-order valence-electron chi connectivity index (χ4n) is 2.95. The molecule has 1 fully saturated rings. The van der Waals surface area contributed by atoms with Crippen molar-refractivity contribution in [3.05, 3.63) is 65.4 Å². The van der Waals surface area contributed by atoms with E-state index in [1.54, 1.807) is 17.5 Å². The van der Waals surface area contributed by atoms with Crippen molar-refractivity contribution in [3.8, 4) is 10.6 Å². The van der Waals surface area contributed by atoms with E-state index in [0.717, 1.165) is 30.0 Å². The van der Waals surface area contributed by atoms with Gasteiger partial charge in [0, 0.05) is 24.0 Å². The van der Waals surface area contributed by atoms with Crippen molar-refractivity contribution in [1.82, 2.24) is 4.98 Å². The summed E-state index contributed by atoms with van der Waals surface area (Å²) < 4.78 is 18.5. The second kappa shape index (κ2) is 7.85. The number of rotatable bonds is 4. The van der Waals surface area contributed by atoms with Crippen LogP contribution in [0.1, 0.15) is 10.5 Å². The number of benzene rings is 2. The average molecular weight is 383 g/mol. The number of aromatic nitrogens is 1. The first-order valence-corrected chi connectivity index (χ1v) is 9.53. The fraction of sp³-hybridized carbons (Fsp3) is 0.200. The lowest BCUT2D eigenvalue weighted by molar-refractivity contribution is 0.102. The molecule has 27 heavy (non-hydrogen) atoms. The van der Waals surface area contributed by atoms with E-state index in [1.807, 2.05) is 24.3 Å². The van der Waals surface area contributed by atoms with E-state index in [0.29, 0.717) is 23.9 Å². The highest BCUT2D eigenvalue weighted by atomic mass is 32.1. The third-order valence-corrected chi connectivity index (χ3v) is 5.22. The fourth-order valence-corrected chi connectivity index (χ4v) is 3.76. The van der Waals surface area contributed by atoms with Crippen molar-refractivity contribution in [1.29, 1.82) is 0 Å². The topological polar surface area (TPSA) is 54.5 Å². The molecular formula is C20H18FN3O2S. The Morgan fingerprint density at radius 1 is 1.11 bits per heavy atom. The molecule has 1 N–H and O–H groups in total. The van der Waals surface area contributed by atoms with E-state index >= 15 is 0 Å². The number of nitrogens with one attached hydrogen (secondary N) is 1. The first-order chi connectivity index (χ1) is 13.2. The molecule has 4 rings (SSSR count). The molecule has 1 amide bonds. The van der Waals surface area contributed by atoms with Crippen LogP contribution < -0.4 is 10.2 Å². The summed E-state index contributed by atoms with van der Waals surface area (Å²) in [7, 11) is 0. The largest absolute Gasteiger partial charge is 0.378 e. The lowest BCUT2D eigenvalue weighted by Gasteiger charge is -2.30. The molecular weight excluding hydrogens is 365 g/mol. The molecule has 3 aromatic rings. The summed E-state index contributed by atoms with van der Waals surface area (Å²) in [5, 5.41) is 5.36. The molecule has 0 atom stereocenters. The summed E-state index contributed by atoms with van der Waals surface area (Å²) in [5.74, 6) is -0.562. The number of ether oxygens (including phenoxy) is 1. The van der Waals surface area contributed by atoms with E-state index in [-0.39, 0.29) is 11.7 Å². The normalized spacial score (nSPS) is 14.2. The number of anilines is 2. The Bertz CT molecular complexity index is 936. The van der Waals surface area contributed by atoms with Crippen LogP contribution >= 0.6 is 11.3 Å². The zero-order chi connectivity index (χ0) is 18.6. The number of carbonyl (C=O) groups excluding carboxylic acids is 1. The van der Waals surface area contributed by atoms with Gasteiger partial charge in [-0.2, -0.15) is 0 Å². The van der Waals surface area contributed by atoms with Crippen LogP contribution in [0.3, 0.4) is 0 Å². The number of hydrogen-bond donors (Lipinski definition) is 1. The van der Waals surface area contributed by atoms with Crippen LogP contribution in [-0.2, 0) is 4.74 Å². The van der Waals surface area contributed by atoms with Gasteiger partial charge in [-0.1, -0.05) is 12.1 Å².